The lowest BCUT2D eigenvalue weighted by Gasteiger charge is -2.46. The Kier molecular flexibility index (Phi) is 5.77. The van der Waals surface area contributed by atoms with Crippen LogP contribution < -0.4 is 5.06 Å². The lowest BCUT2D eigenvalue weighted by atomic mass is 9.79. The monoisotopic (exact) mass is 362 g/mol. The number of hydroxylamine groups is 1. The molecular weight excluding hydrogens is 324 g/mol. The van der Waals surface area contributed by atoms with Gasteiger partial charge in [-0.05, 0) is 43.2 Å². The van der Waals surface area contributed by atoms with Gasteiger partial charge in [0.25, 0.3) is 5.69 Å². The van der Waals surface area contributed by atoms with E-state index < -0.39 is 11.1 Å². The summed E-state index contributed by atoms with van der Waals surface area (Å²) in [6.45, 7) is 23.9. The molecule has 0 saturated carbocycles. The van der Waals surface area contributed by atoms with E-state index in [1.54, 1.807) is 0 Å². The maximum Gasteiger partial charge on any atom is 0.260 e. The van der Waals surface area contributed by atoms with Crippen molar-refractivity contribution in [3.05, 3.63) is 33.4 Å². The van der Waals surface area contributed by atoms with Crippen LogP contribution in [0, 0.1) is 10.1 Å². The van der Waals surface area contributed by atoms with Crippen LogP contribution in [0.25, 0.3) is 0 Å². The van der Waals surface area contributed by atoms with E-state index in [-0.39, 0.29) is 10.8 Å². The van der Waals surface area contributed by atoms with E-state index in [9.17, 15) is 10.1 Å². The summed E-state index contributed by atoms with van der Waals surface area (Å²) in [5, 5.41) is 14.2. The summed E-state index contributed by atoms with van der Waals surface area (Å²) >= 11 is 0. The molecule has 0 fully saturated rings. The third-order valence-corrected chi connectivity index (χ3v) is 4.39. The summed E-state index contributed by atoms with van der Waals surface area (Å²) in [5.41, 5.74) is 1.48. The maximum atomic E-state index is 13.1. The Morgan fingerprint density at radius 2 is 1.19 bits per heavy atom. The van der Waals surface area contributed by atoms with E-state index in [4.69, 9.17) is 0 Å². The number of hydrogen-bond acceptors (Lipinski definition) is 3. The number of benzene rings is 1. The molecule has 26 heavy (non-hydrogen) atoms. The van der Waals surface area contributed by atoms with Gasteiger partial charge >= 0.3 is 0 Å². The van der Waals surface area contributed by atoms with Crippen LogP contribution in [0.2, 0.25) is 0 Å². The minimum Gasteiger partial charge on any atom is -0.758 e. The quantitative estimate of drug-likeness (QED) is 0.440. The molecule has 0 aliphatic carbocycles. The first-order valence-corrected chi connectivity index (χ1v) is 9.41. The van der Waals surface area contributed by atoms with Crippen molar-refractivity contribution in [3.63, 3.8) is 0 Å². The van der Waals surface area contributed by atoms with Crippen molar-refractivity contribution in [2.24, 2.45) is 0 Å². The molecule has 0 atom stereocenters. The predicted octanol–water partition coefficient (Wildman–Crippen LogP) is 6.59. The van der Waals surface area contributed by atoms with Crippen molar-refractivity contribution >= 4 is 11.4 Å². The molecule has 4 nitrogen and oxygen atoms in total. The molecule has 1 aromatic carbocycles. The van der Waals surface area contributed by atoms with Gasteiger partial charge in [-0.3, -0.25) is 0 Å². The Bertz CT molecular complexity index is 678. The van der Waals surface area contributed by atoms with E-state index in [1.165, 1.54) is 0 Å². The van der Waals surface area contributed by atoms with Crippen molar-refractivity contribution < 1.29 is 4.76 Å². The zero-order chi connectivity index (χ0) is 20.9. The van der Waals surface area contributed by atoms with Gasteiger partial charge in [0.1, 0.15) is 0 Å². The third-order valence-electron chi connectivity index (χ3n) is 4.39. The number of nitrogens with zero attached hydrogens (tertiary/aromatic N) is 2. The summed E-state index contributed by atoms with van der Waals surface area (Å²) in [5.74, 6) is 0. The van der Waals surface area contributed by atoms with Gasteiger partial charge in [-0.1, -0.05) is 41.5 Å². The van der Waals surface area contributed by atoms with Gasteiger partial charge < -0.3 is 10.3 Å². The fraction of sp³-hybridized carbons (Fsp3) is 0.727. The molecule has 0 radical (unpaired) electrons. The number of rotatable bonds is 2. The van der Waals surface area contributed by atoms with E-state index in [1.807, 2.05) is 53.7 Å². The molecular formula is C22H38N2O2. The summed E-state index contributed by atoms with van der Waals surface area (Å²) in [4.78, 5) is 13.1. The van der Waals surface area contributed by atoms with Gasteiger partial charge in [-0.2, -0.15) is 0 Å². The second-order valence-electron chi connectivity index (χ2n) is 11.3. The smallest absolute Gasteiger partial charge is 0.260 e. The van der Waals surface area contributed by atoms with Gasteiger partial charge in [0, 0.05) is 53.3 Å². The number of nitroso groups, excluding NO2 is 1. The molecule has 1 aromatic rings. The Labute approximate surface area is 160 Å². The van der Waals surface area contributed by atoms with Crippen molar-refractivity contribution in [1.82, 2.24) is 0 Å². The maximum absolute atomic E-state index is 13.1. The molecule has 0 N–H and O–H groups in total. The van der Waals surface area contributed by atoms with E-state index in [0.717, 1.165) is 21.0 Å². The van der Waals surface area contributed by atoms with Crippen molar-refractivity contribution in [2.75, 3.05) is 5.06 Å². The van der Waals surface area contributed by atoms with Crippen LogP contribution in [0.1, 0.15) is 94.2 Å². The van der Waals surface area contributed by atoms with E-state index >= 15 is 0 Å². The molecule has 0 heterocycles. The predicted molar refractivity (Wildman–Crippen MR) is 112 cm³/mol. The number of anilines is 1. The van der Waals surface area contributed by atoms with E-state index in [2.05, 4.69) is 41.5 Å². The molecule has 0 aliphatic heterocycles. The Balaban J connectivity index is 3.94. The van der Waals surface area contributed by atoms with Crippen LogP contribution in [0.4, 0.5) is 11.4 Å². The second-order valence-corrected chi connectivity index (χ2v) is 11.3. The Hall–Kier alpha value is -1.42. The molecule has 0 aromatic heterocycles. The SMILES string of the molecule is CC(C)(C)c1cc([N+](=O)C(C)(C)C)c(C(C)(C)C)cc1N([O-])C(C)(C)C. The highest BCUT2D eigenvalue weighted by Crippen LogP contribution is 2.43. The normalized spacial score (nSPS) is 13.7. The Morgan fingerprint density at radius 1 is 0.769 bits per heavy atom. The average molecular weight is 363 g/mol. The molecule has 0 amide bonds. The van der Waals surface area contributed by atoms with Crippen LogP contribution in [-0.4, -0.2) is 15.8 Å². The Morgan fingerprint density at radius 3 is 1.50 bits per heavy atom. The molecule has 0 aliphatic rings. The van der Waals surface area contributed by atoms with Crippen LogP contribution in [-0.2, 0) is 10.8 Å². The van der Waals surface area contributed by atoms with Gasteiger partial charge in [0.2, 0.25) is 5.54 Å². The largest absolute Gasteiger partial charge is 0.758 e. The summed E-state index contributed by atoms with van der Waals surface area (Å²) in [7, 11) is 0. The van der Waals surface area contributed by atoms with Crippen molar-refractivity contribution in [2.45, 2.75) is 105 Å². The first-order chi connectivity index (χ1) is 11.3. The highest BCUT2D eigenvalue weighted by atomic mass is 16.5. The third kappa shape index (κ3) is 4.85. The standard InChI is InChI=1S/C22H38N2O2/c1-19(2,3)15-13-18(24(26)22(10,11)12)16(20(4,5)6)14-17(15)23(25)21(7,8)9/h13-14H,1-12H3. The minimum atomic E-state index is -0.558. The zero-order valence-corrected chi connectivity index (χ0v) is 18.9. The molecule has 0 saturated heterocycles. The van der Waals surface area contributed by atoms with Crippen LogP contribution >= 0.6 is 0 Å². The zero-order valence-electron chi connectivity index (χ0n) is 18.9. The molecule has 4 heteroatoms. The molecule has 0 bridgehead atoms. The van der Waals surface area contributed by atoms with Gasteiger partial charge in [0.05, 0.1) is 0 Å². The molecule has 0 unspecified atom stereocenters. The average Bonchev–Trinajstić information content (AvgIpc) is 2.40. The lowest BCUT2D eigenvalue weighted by molar-refractivity contribution is -0.540. The van der Waals surface area contributed by atoms with Crippen LogP contribution in [0.15, 0.2) is 12.1 Å². The summed E-state index contributed by atoms with van der Waals surface area (Å²) in [6, 6.07) is 3.87. The highest BCUT2D eigenvalue weighted by molar-refractivity contribution is 5.66. The summed E-state index contributed by atoms with van der Waals surface area (Å²) in [6.07, 6.45) is 0. The first kappa shape index (κ1) is 22.6. The fourth-order valence-corrected chi connectivity index (χ4v) is 2.84. The minimum absolute atomic E-state index is 0.257. The fourth-order valence-electron chi connectivity index (χ4n) is 2.84. The first-order valence-electron chi connectivity index (χ1n) is 9.41. The topological polar surface area (TPSA) is 46.4 Å². The molecule has 148 valence electrons. The van der Waals surface area contributed by atoms with Crippen LogP contribution in [0.3, 0.4) is 0 Å². The molecule has 1 rings (SSSR count). The second kappa shape index (κ2) is 6.63. The highest BCUT2D eigenvalue weighted by Gasteiger charge is 2.38. The van der Waals surface area contributed by atoms with Gasteiger partial charge in [-0.15, -0.1) is 0 Å². The van der Waals surface area contributed by atoms with Gasteiger partial charge in [-0.25, -0.2) is 0 Å². The van der Waals surface area contributed by atoms with Gasteiger partial charge in [0.15, 0.2) is 0 Å². The molecule has 0 spiro atoms. The van der Waals surface area contributed by atoms with E-state index in [0.29, 0.717) is 11.4 Å². The lowest BCUT2D eigenvalue weighted by Crippen LogP contribution is -2.38. The van der Waals surface area contributed by atoms with Crippen LogP contribution in [0.5, 0.6) is 0 Å². The summed E-state index contributed by atoms with van der Waals surface area (Å²) < 4.78 is 1.08. The van der Waals surface area contributed by atoms with Crippen molar-refractivity contribution in [1.29, 1.82) is 0 Å². The number of hydrogen-bond donors (Lipinski definition) is 0. The van der Waals surface area contributed by atoms with Crippen molar-refractivity contribution in [3.8, 4) is 0 Å².